The molecule has 3 amide bonds. The van der Waals surface area contributed by atoms with Gasteiger partial charge in [0.2, 0.25) is 0 Å². The second-order valence-corrected chi connectivity index (χ2v) is 14.3. The Bertz CT molecular complexity index is 1790. The third-order valence-corrected chi connectivity index (χ3v) is 9.28. The van der Waals surface area contributed by atoms with E-state index in [1.54, 1.807) is 27.7 Å². The molecule has 0 aliphatic carbocycles. The summed E-state index contributed by atoms with van der Waals surface area (Å²) in [5, 5.41) is 15.4. The molecule has 0 radical (unpaired) electrons. The number of hydrogen-bond acceptors (Lipinski definition) is 9. The first-order valence-electron chi connectivity index (χ1n) is 14.4. The number of carboxylic acid groups (broad SMARTS) is 1. The van der Waals surface area contributed by atoms with Crippen LogP contribution in [0.5, 0.6) is 0 Å². The van der Waals surface area contributed by atoms with E-state index in [2.05, 4.69) is 20.6 Å². The summed E-state index contributed by atoms with van der Waals surface area (Å²) in [7, 11) is -3.13. The molecule has 4 heterocycles. The number of carbonyl (C=O) groups is 3. The average Bonchev–Trinajstić information content (AvgIpc) is 2.94. The molecule has 45 heavy (non-hydrogen) atoms. The van der Waals surface area contributed by atoms with Gasteiger partial charge in [0.05, 0.1) is 28.6 Å². The molecule has 0 saturated carbocycles. The van der Waals surface area contributed by atoms with Crippen LogP contribution >= 0.6 is 0 Å². The Morgan fingerprint density at radius 3 is 2.42 bits per heavy atom. The molecule has 2 aromatic heterocycles. The van der Waals surface area contributed by atoms with Crippen molar-refractivity contribution in [2.45, 2.75) is 65.1 Å². The van der Waals surface area contributed by atoms with E-state index < -0.39 is 45.6 Å². The van der Waals surface area contributed by atoms with Gasteiger partial charge in [0.25, 0.3) is 0 Å². The molecule has 0 atom stereocenters. The summed E-state index contributed by atoms with van der Waals surface area (Å²) in [4.78, 5) is 47.3. The number of fused-ring (bicyclic) bond motifs is 2. The van der Waals surface area contributed by atoms with Crippen molar-refractivity contribution in [3.63, 3.8) is 0 Å². The van der Waals surface area contributed by atoms with Gasteiger partial charge in [-0.3, -0.25) is 20.5 Å². The highest BCUT2D eigenvalue weighted by molar-refractivity contribution is 7.91. The van der Waals surface area contributed by atoms with Crippen molar-refractivity contribution in [1.82, 2.24) is 9.97 Å². The molecule has 2 aliphatic heterocycles. The first-order valence-corrected chi connectivity index (χ1v) is 16.2. The van der Waals surface area contributed by atoms with Gasteiger partial charge in [0.15, 0.2) is 15.7 Å². The van der Waals surface area contributed by atoms with Gasteiger partial charge < -0.3 is 14.6 Å². The van der Waals surface area contributed by atoms with Crippen molar-refractivity contribution in [3.05, 3.63) is 41.6 Å². The van der Waals surface area contributed by atoms with Crippen LogP contribution in [0, 0.1) is 12.7 Å². The van der Waals surface area contributed by atoms with Gasteiger partial charge in [-0.25, -0.2) is 32.2 Å². The summed E-state index contributed by atoms with van der Waals surface area (Å²) >= 11 is 0. The van der Waals surface area contributed by atoms with Crippen LogP contribution in [-0.4, -0.2) is 71.5 Å². The Hall–Kier alpha value is -4.53. The lowest BCUT2D eigenvalue weighted by Crippen LogP contribution is -2.35. The molecule has 0 unspecified atom stereocenters. The zero-order valence-electron chi connectivity index (χ0n) is 25.3. The van der Waals surface area contributed by atoms with E-state index in [9.17, 15) is 27.9 Å². The molecule has 0 bridgehead atoms. The van der Waals surface area contributed by atoms with Crippen molar-refractivity contribution in [3.8, 4) is 11.1 Å². The molecular weight excluding hydrogens is 609 g/mol. The van der Waals surface area contributed by atoms with Gasteiger partial charge in [-0.1, -0.05) is 0 Å². The Labute approximate surface area is 259 Å². The van der Waals surface area contributed by atoms with Crippen LogP contribution in [0.2, 0.25) is 0 Å². The normalized spacial score (nSPS) is 16.5. The number of amides is 3. The van der Waals surface area contributed by atoms with Crippen LogP contribution in [0.15, 0.2) is 24.5 Å². The molecule has 3 aromatic rings. The first-order chi connectivity index (χ1) is 21.1. The summed E-state index contributed by atoms with van der Waals surface area (Å²) in [6, 6.07) is 2.97. The number of pyridine rings is 2. The number of carbonyl (C=O) groups excluding carboxylic acids is 2. The molecule has 1 aromatic carbocycles. The number of ether oxygens (including phenoxy) is 2. The van der Waals surface area contributed by atoms with Gasteiger partial charge in [-0.05, 0) is 76.5 Å². The topological polar surface area (TPSA) is 177 Å². The third-order valence-electron chi connectivity index (χ3n) is 7.56. The minimum Gasteiger partial charge on any atom is -0.465 e. The van der Waals surface area contributed by atoms with E-state index in [-0.39, 0.29) is 53.3 Å². The Balaban J connectivity index is 1.55. The molecule has 1 saturated heterocycles. The van der Waals surface area contributed by atoms with E-state index in [0.29, 0.717) is 40.7 Å². The van der Waals surface area contributed by atoms with Crippen LogP contribution in [0.3, 0.4) is 0 Å². The lowest BCUT2D eigenvalue weighted by atomic mass is 9.94. The number of nitrogens with zero attached hydrogens (tertiary/aromatic N) is 3. The maximum absolute atomic E-state index is 16.4. The highest BCUT2D eigenvalue weighted by atomic mass is 32.2. The maximum Gasteiger partial charge on any atom is 0.413 e. The lowest BCUT2D eigenvalue weighted by Gasteiger charge is -2.29. The molecule has 2 aliphatic rings. The number of nitrogens with one attached hydrogen (secondary N) is 2. The van der Waals surface area contributed by atoms with Gasteiger partial charge in [-0.15, -0.1) is 0 Å². The Morgan fingerprint density at radius 1 is 1.04 bits per heavy atom. The van der Waals surface area contributed by atoms with Crippen molar-refractivity contribution < 1.29 is 41.8 Å². The lowest BCUT2D eigenvalue weighted by molar-refractivity contribution is 0.0635. The predicted molar refractivity (Wildman–Crippen MR) is 165 cm³/mol. The Morgan fingerprint density at radius 2 is 1.76 bits per heavy atom. The fourth-order valence-corrected chi connectivity index (χ4v) is 6.95. The number of rotatable bonds is 4. The SMILES string of the molecule is Cc1c(-c2cc3cc(NC(=O)OC4CCS(=O)(=O)CC4)ncc3c(NC(=O)OC(C)(C)C)c2F)cnc2c1N(C(=O)O)CCC2. The van der Waals surface area contributed by atoms with Crippen LogP contribution in [0.1, 0.15) is 51.3 Å². The third kappa shape index (κ3) is 7.08. The van der Waals surface area contributed by atoms with E-state index in [1.807, 2.05) is 0 Å². The second-order valence-electron chi connectivity index (χ2n) is 12.0. The van der Waals surface area contributed by atoms with Gasteiger partial charge in [0, 0.05) is 35.5 Å². The molecule has 5 rings (SSSR count). The summed E-state index contributed by atoms with van der Waals surface area (Å²) < 4.78 is 50.5. The fraction of sp³-hybridized carbons (Fsp3) is 0.433. The van der Waals surface area contributed by atoms with Crippen molar-refractivity contribution in [1.29, 1.82) is 0 Å². The first kappa shape index (κ1) is 31.9. The van der Waals surface area contributed by atoms with Gasteiger partial charge in [0.1, 0.15) is 17.5 Å². The zero-order valence-corrected chi connectivity index (χ0v) is 26.1. The van der Waals surface area contributed by atoms with Crippen molar-refractivity contribution in [2.75, 3.05) is 33.6 Å². The molecule has 1 fully saturated rings. The molecular formula is C30H34FN5O8S. The monoisotopic (exact) mass is 643 g/mol. The number of sulfone groups is 1. The number of anilines is 3. The number of hydrogen-bond donors (Lipinski definition) is 3. The summed E-state index contributed by atoms with van der Waals surface area (Å²) in [5.41, 5.74) is 0.714. The van der Waals surface area contributed by atoms with E-state index in [0.717, 1.165) is 0 Å². The minimum atomic E-state index is -3.13. The molecule has 15 heteroatoms. The van der Waals surface area contributed by atoms with Gasteiger partial charge >= 0.3 is 18.3 Å². The minimum absolute atomic E-state index is 0.0282. The molecule has 240 valence electrons. The van der Waals surface area contributed by atoms with E-state index in [1.165, 1.54) is 29.4 Å². The van der Waals surface area contributed by atoms with Crippen LogP contribution in [0.25, 0.3) is 21.9 Å². The zero-order chi connectivity index (χ0) is 32.7. The standard InChI is InChI=1S/C30H34FN5O8S/c1-16-20(14-32-22-6-5-9-36(26(16)22)29(39)40)19-12-17-13-23(34-27(37)43-18-7-10-45(41,42)11-8-18)33-15-21(17)25(24(19)31)35-28(38)44-30(2,3)4/h12-15,18H,5-11H2,1-4H3,(H,35,38)(H,39,40)(H,33,34,37). The second kappa shape index (κ2) is 12.1. The van der Waals surface area contributed by atoms with Gasteiger partial charge in [-0.2, -0.15) is 0 Å². The van der Waals surface area contributed by atoms with Crippen molar-refractivity contribution >= 4 is 56.1 Å². The highest BCUT2D eigenvalue weighted by Gasteiger charge is 2.29. The summed E-state index contributed by atoms with van der Waals surface area (Å²) in [6.07, 6.45) is 0.862. The predicted octanol–water partition coefficient (Wildman–Crippen LogP) is 5.65. The highest BCUT2D eigenvalue weighted by Crippen LogP contribution is 2.41. The maximum atomic E-state index is 16.4. The Kier molecular flexibility index (Phi) is 8.58. The number of halogens is 1. The summed E-state index contributed by atoms with van der Waals surface area (Å²) in [5.74, 6) is -0.885. The van der Waals surface area contributed by atoms with Crippen LogP contribution in [0.4, 0.5) is 36.0 Å². The smallest absolute Gasteiger partial charge is 0.413 e. The van der Waals surface area contributed by atoms with Crippen LogP contribution < -0.4 is 15.5 Å². The number of benzene rings is 1. The molecule has 0 spiro atoms. The largest absolute Gasteiger partial charge is 0.465 e. The quantitative estimate of drug-likeness (QED) is 0.322. The van der Waals surface area contributed by atoms with Crippen molar-refractivity contribution in [2.24, 2.45) is 0 Å². The molecule has 3 N–H and O–H groups in total. The number of aryl methyl sites for hydroxylation is 1. The average molecular weight is 644 g/mol. The fourth-order valence-electron chi connectivity index (χ4n) is 5.50. The molecule has 13 nitrogen and oxygen atoms in total. The van der Waals surface area contributed by atoms with Crippen LogP contribution in [-0.2, 0) is 25.7 Å². The number of aromatic nitrogens is 2. The van der Waals surface area contributed by atoms with E-state index in [4.69, 9.17) is 9.47 Å². The summed E-state index contributed by atoms with van der Waals surface area (Å²) in [6.45, 7) is 6.96. The van der Waals surface area contributed by atoms with E-state index >= 15 is 4.39 Å².